The van der Waals surface area contributed by atoms with Gasteiger partial charge in [-0.2, -0.15) is 11.8 Å². The molecule has 1 fully saturated rings. The highest BCUT2D eigenvalue weighted by atomic mass is 127. The molecule has 5 nitrogen and oxygen atoms in total. The second-order valence-electron chi connectivity index (χ2n) is 6.86. The van der Waals surface area contributed by atoms with Gasteiger partial charge in [-0.15, -0.1) is 24.0 Å². The second-order valence-corrected chi connectivity index (χ2v) is 8.67. The number of hydrogen-bond donors (Lipinski definition) is 1. The summed E-state index contributed by atoms with van der Waals surface area (Å²) in [6.45, 7) is 10.2. The Labute approximate surface area is 176 Å². The minimum absolute atomic E-state index is 0. The quantitative estimate of drug-likeness (QED) is 0.395. The highest BCUT2D eigenvalue weighted by Gasteiger charge is 2.28. The summed E-state index contributed by atoms with van der Waals surface area (Å²) in [6, 6.07) is 2.98. The van der Waals surface area contributed by atoms with E-state index in [2.05, 4.69) is 31.0 Å². The Balaban J connectivity index is 0.00000243. The number of ether oxygens (including phenoxy) is 2. The molecule has 1 aromatic rings. The molecule has 0 unspecified atom stereocenters. The molecule has 0 aromatic heterocycles. The highest BCUT2D eigenvalue weighted by Crippen LogP contribution is 2.31. The van der Waals surface area contributed by atoms with Crippen LogP contribution in [0.1, 0.15) is 31.9 Å². The first-order valence-corrected chi connectivity index (χ1v) is 9.66. The van der Waals surface area contributed by atoms with Crippen molar-refractivity contribution >= 4 is 41.7 Å². The van der Waals surface area contributed by atoms with Gasteiger partial charge >= 0.3 is 0 Å². The first-order valence-electron chi connectivity index (χ1n) is 8.67. The van der Waals surface area contributed by atoms with E-state index in [4.69, 9.17) is 14.5 Å². The third-order valence-corrected chi connectivity index (χ3v) is 5.51. The van der Waals surface area contributed by atoms with Crippen molar-refractivity contribution in [3.8, 4) is 5.75 Å². The lowest BCUT2D eigenvalue weighted by Crippen LogP contribution is -2.50. The van der Waals surface area contributed by atoms with Crippen molar-refractivity contribution < 1.29 is 13.9 Å². The number of fused-ring (bicyclic) bond motifs is 1. The van der Waals surface area contributed by atoms with Gasteiger partial charge in [-0.3, -0.25) is 0 Å². The van der Waals surface area contributed by atoms with Crippen molar-refractivity contribution in [1.82, 2.24) is 10.2 Å². The monoisotopic (exact) mass is 495 g/mol. The first kappa shape index (κ1) is 21.6. The number of nitrogens with one attached hydrogen (secondary N) is 1. The molecule has 0 atom stereocenters. The van der Waals surface area contributed by atoms with Gasteiger partial charge in [0.2, 0.25) is 0 Å². The average molecular weight is 495 g/mol. The van der Waals surface area contributed by atoms with Crippen molar-refractivity contribution in [3.05, 3.63) is 29.1 Å². The van der Waals surface area contributed by atoms with E-state index in [1.807, 2.05) is 11.8 Å². The van der Waals surface area contributed by atoms with Gasteiger partial charge in [-0.1, -0.05) is 0 Å². The lowest BCUT2D eigenvalue weighted by atomic mass is 10.1. The first-order chi connectivity index (χ1) is 12.0. The van der Waals surface area contributed by atoms with Crippen molar-refractivity contribution in [2.75, 3.05) is 32.2 Å². The number of nitrogens with zero attached hydrogens (tertiary/aromatic N) is 2. The van der Waals surface area contributed by atoms with Crippen LogP contribution in [0.25, 0.3) is 0 Å². The van der Waals surface area contributed by atoms with Crippen LogP contribution in [0.4, 0.5) is 4.39 Å². The van der Waals surface area contributed by atoms with Crippen LogP contribution in [0.5, 0.6) is 5.75 Å². The van der Waals surface area contributed by atoms with E-state index in [9.17, 15) is 4.39 Å². The molecule has 3 rings (SSSR count). The zero-order valence-corrected chi connectivity index (χ0v) is 18.7. The van der Waals surface area contributed by atoms with Gasteiger partial charge in [0.1, 0.15) is 11.6 Å². The number of guanidine groups is 1. The molecule has 0 bridgehead atoms. The zero-order chi connectivity index (χ0) is 17.9. The number of benzene rings is 1. The molecule has 0 aliphatic carbocycles. The lowest BCUT2D eigenvalue weighted by Gasteiger charge is -2.39. The molecule has 1 N–H and O–H groups in total. The Bertz CT molecular complexity index is 658. The van der Waals surface area contributed by atoms with Gasteiger partial charge in [0.05, 0.1) is 13.2 Å². The summed E-state index contributed by atoms with van der Waals surface area (Å²) < 4.78 is 24.9. The largest absolute Gasteiger partial charge is 0.467 e. The summed E-state index contributed by atoms with van der Waals surface area (Å²) in [6.07, 6.45) is 0. The summed E-state index contributed by atoms with van der Waals surface area (Å²) in [4.78, 5) is 7.04. The molecule has 2 heterocycles. The van der Waals surface area contributed by atoms with E-state index in [1.54, 1.807) is 0 Å². The predicted molar refractivity (Wildman–Crippen MR) is 115 cm³/mol. The number of thioether (sulfide) groups is 1. The fourth-order valence-electron chi connectivity index (χ4n) is 3.16. The van der Waals surface area contributed by atoms with Gasteiger partial charge in [-0.25, -0.2) is 9.38 Å². The molecular weight excluding hydrogens is 468 g/mol. The SMILES string of the molecule is CCNC(=NCc1cc(F)cc2c1OCOC2)N1CCSC(C)(C)C1.I. The van der Waals surface area contributed by atoms with Crippen molar-refractivity contribution in [3.63, 3.8) is 0 Å². The van der Waals surface area contributed by atoms with Crippen LogP contribution in [0.15, 0.2) is 17.1 Å². The maximum atomic E-state index is 13.9. The maximum absolute atomic E-state index is 13.9. The van der Waals surface area contributed by atoms with Crippen molar-refractivity contribution in [2.45, 2.75) is 38.7 Å². The van der Waals surface area contributed by atoms with Crippen molar-refractivity contribution in [1.29, 1.82) is 0 Å². The molecule has 2 aliphatic rings. The Morgan fingerprint density at radius 2 is 2.23 bits per heavy atom. The second kappa shape index (κ2) is 9.45. The van der Waals surface area contributed by atoms with Crippen LogP contribution in [-0.2, 0) is 17.9 Å². The number of hydrogen-bond acceptors (Lipinski definition) is 4. The third-order valence-electron chi connectivity index (χ3n) is 4.21. The Hall–Kier alpha value is -0.740. The fraction of sp³-hybridized carbons (Fsp3) is 0.611. The van der Waals surface area contributed by atoms with E-state index in [1.165, 1.54) is 12.1 Å². The maximum Gasteiger partial charge on any atom is 0.194 e. The topological polar surface area (TPSA) is 46.1 Å². The normalized spacial score (nSPS) is 19.2. The van der Waals surface area contributed by atoms with Crippen LogP contribution >= 0.6 is 35.7 Å². The number of halogens is 2. The molecule has 26 heavy (non-hydrogen) atoms. The van der Waals surface area contributed by atoms with E-state index in [-0.39, 0.29) is 41.3 Å². The molecular formula is C18H27FIN3O2S. The third kappa shape index (κ3) is 5.39. The smallest absolute Gasteiger partial charge is 0.194 e. The minimum Gasteiger partial charge on any atom is -0.467 e. The van der Waals surface area contributed by atoms with Crippen LogP contribution in [-0.4, -0.2) is 47.8 Å². The molecule has 1 saturated heterocycles. The number of aliphatic imine (C=N–C) groups is 1. The molecule has 0 radical (unpaired) electrons. The summed E-state index contributed by atoms with van der Waals surface area (Å²) in [7, 11) is 0. The van der Waals surface area contributed by atoms with Crippen LogP contribution in [0, 0.1) is 5.82 Å². The van der Waals surface area contributed by atoms with E-state index < -0.39 is 0 Å². The summed E-state index contributed by atoms with van der Waals surface area (Å²) >= 11 is 1.99. The van der Waals surface area contributed by atoms with Crippen LogP contribution < -0.4 is 10.1 Å². The molecule has 0 saturated carbocycles. The standard InChI is InChI=1S/C18H26FN3O2S.HI/c1-4-20-17(22-5-6-25-18(2,3)11-22)21-9-13-7-15(19)8-14-10-23-12-24-16(13)14;/h7-8H,4-6,9-12H2,1-3H3,(H,20,21);1H. The fourth-order valence-corrected chi connectivity index (χ4v) is 4.27. The van der Waals surface area contributed by atoms with Crippen LogP contribution in [0.2, 0.25) is 0 Å². The molecule has 0 spiro atoms. The molecule has 146 valence electrons. The van der Waals surface area contributed by atoms with Gasteiger partial charge in [-0.05, 0) is 32.9 Å². The Morgan fingerprint density at radius 3 is 2.96 bits per heavy atom. The molecule has 1 aromatic carbocycles. The van der Waals surface area contributed by atoms with E-state index >= 15 is 0 Å². The zero-order valence-electron chi connectivity index (χ0n) is 15.5. The lowest BCUT2D eigenvalue weighted by molar-refractivity contribution is -0.0172. The summed E-state index contributed by atoms with van der Waals surface area (Å²) in [5.74, 6) is 2.38. The summed E-state index contributed by atoms with van der Waals surface area (Å²) in [5.41, 5.74) is 1.51. The molecule has 0 amide bonds. The Kier molecular flexibility index (Phi) is 7.84. The average Bonchev–Trinajstić information content (AvgIpc) is 2.57. The van der Waals surface area contributed by atoms with E-state index in [0.717, 1.165) is 42.5 Å². The number of rotatable bonds is 3. The van der Waals surface area contributed by atoms with Crippen LogP contribution in [0.3, 0.4) is 0 Å². The summed E-state index contributed by atoms with van der Waals surface area (Å²) in [5, 5.41) is 3.36. The minimum atomic E-state index is -0.279. The Morgan fingerprint density at radius 1 is 1.42 bits per heavy atom. The highest BCUT2D eigenvalue weighted by molar-refractivity contribution is 14.0. The predicted octanol–water partition coefficient (Wildman–Crippen LogP) is 3.60. The molecule has 2 aliphatic heterocycles. The van der Waals surface area contributed by atoms with E-state index in [0.29, 0.717) is 18.9 Å². The van der Waals surface area contributed by atoms with Gasteiger partial charge in [0.15, 0.2) is 12.8 Å². The van der Waals surface area contributed by atoms with Gasteiger partial charge in [0.25, 0.3) is 0 Å². The van der Waals surface area contributed by atoms with Crippen molar-refractivity contribution in [2.24, 2.45) is 4.99 Å². The molecule has 8 heteroatoms. The van der Waals surface area contributed by atoms with Gasteiger partial charge in [0, 0.05) is 41.3 Å². The van der Waals surface area contributed by atoms with Gasteiger partial charge < -0.3 is 19.7 Å².